The lowest BCUT2D eigenvalue weighted by molar-refractivity contribution is 0.475. The number of anilines is 1. The molecule has 0 spiro atoms. The van der Waals surface area contributed by atoms with Crippen LogP contribution in [-0.4, -0.2) is 21.6 Å². The van der Waals surface area contributed by atoms with Crippen LogP contribution in [0.25, 0.3) is 11.4 Å². The third-order valence-electron chi connectivity index (χ3n) is 3.03. The molecule has 4 heteroatoms. The Hall–Kier alpha value is -2.10. The van der Waals surface area contributed by atoms with Gasteiger partial charge in [-0.25, -0.2) is 9.97 Å². The van der Waals surface area contributed by atoms with Crippen LogP contribution in [0.2, 0.25) is 0 Å². The molecule has 0 radical (unpaired) electrons. The van der Waals surface area contributed by atoms with Gasteiger partial charge in [-0.3, -0.25) is 0 Å². The molecular weight excluding hydrogens is 238 g/mol. The normalized spacial score (nSPS) is 10.5. The summed E-state index contributed by atoms with van der Waals surface area (Å²) < 4.78 is 0. The highest BCUT2D eigenvalue weighted by Gasteiger charge is 2.10. The van der Waals surface area contributed by atoms with Gasteiger partial charge in [0.2, 0.25) is 0 Å². The van der Waals surface area contributed by atoms with Gasteiger partial charge in [-0.05, 0) is 32.4 Å². The Morgan fingerprint density at radius 1 is 1.21 bits per heavy atom. The van der Waals surface area contributed by atoms with Crippen LogP contribution in [0.1, 0.15) is 25.1 Å². The number of nitrogens with zero attached hydrogens (tertiary/aromatic N) is 2. The first-order valence-electron chi connectivity index (χ1n) is 6.56. The van der Waals surface area contributed by atoms with Crippen molar-refractivity contribution in [3.63, 3.8) is 0 Å². The van der Waals surface area contributed by atoms with Crippen LogP contribution in [0.5, 0.6) is 5.75 Å². The first kappa shape index (κ1) is 13.3. The maximum atomic E-state index is 9.56. The summed E-state index contributed by atoms with van der Waals surface area (Å²) in [6.45, 7) is 6.97. The van der Waals surface area contributed by atoms with Gasteiger partial charge in [-0.1, -0.05) is 19.1 Å². The number of phenols is 1. The van der Waals surface area contributed by atoms with Crippen LogP contribution < -0.4 is 5.32 Å². The molecule has 0 atom stereocenters. The van der Waals surface area contributed by atoms with E-state index in [0.29, 0.717) is 5.82 Å². The Labute approximate surface area is 113 Å². The first-order chi connectivity index (χ1) is 9.15. The van der Waals surface area contributed by atoms with Gasteiger partial charge < -0.3 is 10.4 Å². The highest BCUT2D eigenvalue weighted by Crippen LogP contribution is 2.24. The molecule has 2 rings (SSSR count). The van der Waals surface area contributed by atoms with Gasteiger partial charge in [0.1, 0.15) is 11.6 Å². The molecule has 2 aromatic rings. The van der Waals surface area contributed by atoms with Crippen molar-refractivity contribution in [3.05, 3.63) is 35.5 Å². The predicted molar refractivity (Wildman–Crippen MR) is 77.4 cm³/mol. The maximum Gasteiger partial charge on any atom is 0.161 e. The molecule has 4 nitrogen and oxygen atoms in total. The lowest BCUT2D eigenvalue weighted by Crippen LogP contribution is -2.07. The zero-order chi connectivity index (χ0) is 13.8. The molecule has 1 aromatic carbocycles. The monoisotopic (exact) mass is 257 g/mol. The van der Waals surface area contributed by atoms with Crippen molar-refractivity contribution in [1.82, 2.24) is 9.97 Å². The minimum absolute atomic E-state index is 0.227. The van der Waals surface area contributed by atoms with E-state index in [1.165, 1.54) is 0 Å². The SMILES string of the molecule is CCNc1nc(-c2cccc(O)c2)nc(CC)c1C. The van der Waals surface area contributed by atoms with Crippen LogP contribution in [0.15, 0.2) is 24.3 Å². The molecule has 0 amide bonds. The van der Waals surface area contributed by atoms with E-state index in [9.17, 15) is 5.11 Å². The molecule has 0 unspecified atom stereocenters. The van der Waals surface area contributed by atoms with E-state index in [1.807, 2.05) is 19.9 Å². The molecule has 0 bridgehead atoms. The molecule has 0 aliphatic heterocycles. The smallest absolute Gasteiger partial charge is 0.161 e. The fraction of sp³-hybridized carbons (Fsp3) is 0.333. The van der Waals surface area contributed by atoms with E-state index >= 15 is 0 Å². The third kappa shape index (κ3) is 2.84. The molecule has 0 saturated heterocycles. The fourth-order valence-corrected chi connectivity index (χ4v) is 2.02. The van der Waals surface area contributed by atoms with Crippen LogP contribution in [-0.2, 0) is 6.42 Å². The number of aromatic nitrogens is 2. The number of rotatable bonds is 4. The van der Waals surface area contributed by atoms with E-state index < -0.39 is 0 Å². The molecule has 1 aromatic heterocycles. The molecule has 0 fully saturated rings. The van der Waals surface area contributed by atoms with Gasteiger partial charge in [0.05, 0.1) is 0 Å². The second kappa shape index (κ2) is 5.69. The van der Waals surface area contributed by atoms with Gasteiger partial charge in [0.25, 0.3) is 0 Å². The Bertz CT molecular complexity index is 582. The van der Waals surface area contributed by atoms with Crippen molar-refractivity contribution in [2.24, 2.45) is 0 Å². The number of benzene rings is 1. The number of nitrogens with one attached hydrogen (secondary N) is 1. The summed E-state index contributed by atoms with van der Waals surface area (Å²) in [5, 5.41) is 12.8. The summed E-state index contributed by atoms with van der Waals surface area (Å²) >= 11 is 0. The van der Waals surface area contributed by atoms with Gasteiger partial charge in [-0.2, -0.15) is 0 Å². The van der Waals surface area contributed by atoms with E-state index in [-0.39, 0.29) is 5.75 Å². The van der Waals surface area contributed by atoms with Gasteiger partial charge in [-0.15, -0.1) is 0 Å². The number of aromatic hydroxyl groups is 1. The molecule has 0 aliphatic carbocycles. The van der Waals surface area contributed by atoms with Gasteiger partial charge >= 0.3 is 0 Å². The molecule has 19 heavy (non-hydrogen) atoms. The van der Waals surface area contributed by atoms with Crippen molar-refractivity contribution in [3.8, 4) is 17.1 Å². The van der Waals surface area contributed by atoms with Crippen LogP contribution in [0.4, 0.5) is 5.82 Å². The van der Waals surface area contributed by atoms with Crippen LogP contribution in [0, 0.1) is 6.92 Å². The number of aryl methyl sites for hydroxylation is 1. The summed E-state index contributed by atoms with van der Waals surface area (Å²) in [6, 6.07) is 7.02. The summed E-state index contributed by atoms with van der Waals surface area (Å²) in [7, 11) is 0. The van der Waals surface area contributed by atoms with Gasteiger partial charge in [0.15, 0.2) is 5.82 Å². The summed E-state index contributed by atoms with van der Waals surface area (Å²) in [4.78, 5) is 9.13. The molecule has 2 N–H and O–H groups in total. The van der Waals surface area contributed by atoms with Crippen molar-refractivity contribution in [1.29, 1.82) is 0 Å². The van der Waals surface area contributed by atoms with E-state index in [2.05, 4.69) is 22.2 Å². The molecule has 0 aliphatic rings. The first-order valence-corrected chi connectivity index (χ1v) is 6.56. The third-order valence-corrected chi connectivity index (χ3v) is 3.03. The number of hydrogen-bond acceptors (Lipinski definition) is 4. The highest BCUT2D eigenvalue weighted by atomic mass is 16.3. The van der Waals surface area contributed by atoms with Gasteiger partial charge in [0, 0.05) is 23.4 Å². The maximum absolute atomic E-state index is 9.56. The lowest BCUT2D eigenvalue weighted by atomic mass is 10.1. The number of hydrogen-bond donors (Lipinski definition) is 2. The Morgan fingerprint density at radius 3 is 2.63 bits per heavy atom. The second-order valence-corrected chi connectivity index (χ2v) is 4.40. The standard InChI is InChI=1S/C15H19N3O/c1-4-13-10(3)14(16-5-2)18-15(17-13)11-7-6-8-12(19)9-11/h6-9,19H,4-5H2,1-3H3,(H,16,17,18). The topological polar surface area (TPSA) is 58.0 Å². The summed E-state index contributed by atoms with van der Waals surface area (Å²) in [6.07, 6.45) is 0.860. The van der Waals surface area contributed by atoms with Crippen molar-refractivity contribution < 1.29 is 5.11 Å². The Kier molecular flexibility index (Phi) is 4.00. The zero-order valence-electron chi connectivity index (χ0n) is 11.6. The van der Waals surface area contributed by atoms with Crippen LogP contribution >= 0.6 is 0 Å². The van der Waals surface area contributed by atoms with E-state index in [0.717, 1.165) is 35.6 Å². The van der Waals surface area contributed by atoms with Crippen molar-refractivity contribution in [2.75, 3.05) is 11.9 Å². The van der Waals surface area contributed by atoms with E-state index in [1.54, 1.807) is 18.2 Å². The minimum atomic E-state index is 0.227. The largest absolute Gasteiger partial charge is 0.508 e. The number of phenolic OH excluding ortho intramolecular Hbond substituents is 1. The quantitative estimate of drug-likeness (QED) is 0.883. The molecule has 0 saturated carbocycles. The summed E-state index contributed by atoms with van der Waals surface area (Å²) in [5.41, 5.74) is 2.95. The fourth-order valence-electron chi connectivity index (χ4n) is 2.02. The Morgan fingerprint density at radius 2 is 2.00 bits per heavy atom. The van der Waals surface area contributed by atoms with Crippen molar-refractivity contribution >= 4 is 5.82 Å². The highest BCUT2D eigenvalue weighted by molar-refractivity contribution is 5.61. The van der Waals surface area contributed by atoms with Crippen LogP contribution in [0.3, 0.4) is 0 Å². The predicted octanol–water partition coefficient (Wildman–Crippen LogP) is 3.15. The minimum Gasteiger partial charge on any atom is -0.508 e. The Balaban J connectivity index is 2.54. The lowest BCUT2D eigenvalue weighted by Gasteiger charge is -2.12. The van der Waals surface area contributed by atoms with Crippen molar-refractivity contribution in [2.45, 2.75) is 27.2 Å². The molecular formula is C15H19N3O. The second-order valence-electron chi connectivity index (χ2n) is 4.40. The average molecular weight is 257 g/mol. The van der Waals surface area contributed by atoms with E-state index in [4.69, 9.17) is 0 Å². The molecule has 100 valence electrons. The zero-order valence-corrected chi connectivity index (χ0v) is 11.6. The molecule has 1 heterocycles. The summed E-state index contributed by atoms with van der Waals surface area (Å²) in [5.74, 6) is 1.74. The average Bonchev–Trinajstić information content (AvgIpc) is 2.41.